The third-order valence-electron chi connectivity index (χ3n) is 7.56. The van der Waals surface area contributed by atoms with Gasteiger partial charge in [-0.2, -0.15) is 0 Å². The molecule has 0 bridgehead atoms. The van der Waals surface area contributed by atoms with Gasteiger partial charge in [0.15, 0.2) is 11.9 Å². The van der Waals surface area contributed by atoms with Crippen molar-refractivity contribution >= 4 is 45.1 Å². The van der Waals surface area contributed by atoms with Gasteiger partial charge < -0.3 is 28.0 Å². The molecule has 2 saturated heterocycles. The minimum atomic E-state index is -2.74. The average Bonchev–Trinajstić information content (AvgIpc) is 3.35. The van der Waals surface area contributed by atoms with E-state index in [1.165, 1.54) is 6.33 Å². The molecule has 0 unspecified atom stereocenters. The molecule has 10 nitrogen and oxygen atoms in total. The molecule has 4 atom stereocenters. The Labute approximate surface area is 219 Å². The topological polar surface area (TPSA) is 130 Å². The summed E-state index contributed by atoms with van der Waals surface area (Å²) in [6.07, 6.45) is 2.57. The van der Waals surface area contributed by atoms with Gasteiger partial charge in [0, 0.05) is 17.6 Å². The lowest BCUT2D eigenvalue weighted by molar-refractivity contribution is -0.0577. The summed E-state index contributed by atoms with van der Waals surface area (Å²) in [5.74, 6) is 0.254. The van der Waals surface area contributed by atoms with Crippen molar-refractivity contribution in [1.82, 2.24) is 19.7 Å². The van der Waals surface area contributed by atoms with E-state index < -0.39 is 34.5 Å². The van der Waals surface area contributed by atoms with Crippen molar-refractivity contribution in [2.24, 2.45) is 0 Å². The van der Waals surface area contributed by atoms with Gasteiger partial charge in [0.2, 0.25) is 0 Å². The van der Waals surface area contributed by atoms with Crippen molar-refractivity contribution in [1.29, 1.82) is 0 Å². The molecule has 2 N–H and O–H groups in total. The van der Waals surface area contributed by atoms with Crippen molar-refractivity contribution in [3.05, 3.63) is 6.33 Å². The number of nitrogens with zero attached hydrogens (tertiary/aromatic N) is 4. The van der Waals surface area contributed by atoms with Crippen LogP contribution < -0.4 is 5.73 Å². The summed E-state index contributed by atoms with van der Waals surface area (Å²) in [7, 11) is -5.39. The number of hydrogen-bond acceptors (Lipinski definition) is 9. The number of nitrogens with two attached hydrogens (primary N) is 1. The van der Waals surface area contributed by atoms with Crippen LogP contribution in [0.3, 0.4) is 0 Å². The quantitative estimate of drug-likeness (QED) is 0.407. The van der Waals surface area contributed by atoms with Crippen molar-refractivity contribution < 1.29 is 22.3 Å². The number of nitrogen functional groups attached to an aromatic ring is 1. The van der Waals surface area contributed by atoms with Crippen LogP contribution in [0, 0.1) is 0 Å². The summed E-state index contributed by atoms with van der Waals surface area (Å²) in [5.41, 5.74) is 7.61. The van der Waals surface area contributed by atoms with E-state index in [1.807, 2.05) is 0 Å². The minimum absolute atomic E-state index is 0.216. The zero-order valence-corrected chi connectivity index (χ0v) is 25.7. The van der Waals surface area contributed by atoms with E-state index in [4.69, 9.17) is 23.4 Å². The molecule has 0 aromatic carbocycles. The number of aromatic nitrogens is 4. The Balaban J connectivity index is 1.76. The third kappa shape index (κ3) is 4.55. The first-order valence-corrected chi connectivity index (χ1v) is 18.3. The number of hydrogen-bond donors (Lipinski definition) is 1. The predicted octanol–water partition coefficient (Wildman–Crippen LogP) is 4.39. The number of anilines is 1. The van der Waals surface area contributed by atoms with Crippen LogP contribution in [0.4, 0.5) is 5.82 Å². The second kappa shape index (κ2) is 10.2. The maximum Gasteiger partial charge on any atom is 0.335 e. The van der Waals surface area contributed by atoms with Crippen LogP contribution in [-0.2, 0) is 28.9 Å². The summed E-state index contributed by atoms with van der Waals surface area (Å²) >= 11 is -1.36. The number of ether oxygens (including phenoxy) is 1. The lowest BCUT2D eigenvalue weighted by Gasteiger charge is -2.51. The maximum atomic E-state index is 12.4. The van der Waals surface area contributed by atoms with Crippen LogP contribution in [0.5, 0.6) is 0 Å². The standard InChI is InChI=1S/C23H41N5O5SSi2/c1-13(2)35(14(3)4)30-11-18-17(32-36(33-35,15(5)6)16(7)8)10-19(31-18)28-22-20(21(24)25-12-26-22)23(27-28)34(9)29/h12-19H,10-11H2,1-9H3,(H2,24,25,26)/t17-,18-,19+,34+/m0/s1. The lowest BCUT2D eigenvalue weighted by Crippen LogP contribution is -2.65. The Bertz CT molecular complexity index is 1070. The Hall–Kier alpha value is -1.07. The van der Waals surface area contributed by atoms with Gasteiger partial charge in [-0.05, 0) is 22.2 Å². The van der Waals surface area contributed by atoms with Gasteiger partial charge >= 0.3 is 17.1 Å². The smallest absolute Gasteiger partial charge is 0.335 e. The van der Waals surface area contributed by atoms with Crippen molar-refractivity contribution in [3.63, 3.8) is 0 Å². The maximum absolute atomic E-state index is 12.4. The average molecular weight is 556 g/mol. The molecule has 4 heterocycles. The molecule has 2 fully saturated rings. The Morgan fingerprint density at radius 1 is 1.00 bits per heavy atom. The summed E-state index contributed by atoms with van der Waals surface area (Å²) in [6, 6.07) is 0. The van der Waals surface area contributed by atoms with Crippen molar-refractivity contribution in [3.8, 4) is 0 Å². The van der Waals surface area contributed by atoms with Gasteiger partial charge in [-0.3, -0.25) is 0 Å². The normalized spacial score (nSPS) is 27.1. The zero-order valence-electron chi connectivity index (χ0n) is 22.8. The fourth-order valence-electron chi connectivity index (χ4n) is 5.65. The highest BCUT2D eigenvalue weighted by Gasteiger charge is 2.60. The Morgan fingerprint density at radius 2 is 1.61 bits per heavy atom. The lowest BCUT2D eigenvalue weighted by atomic mass is 10.2. The summed E-state index contributed by atoms with van der Waals surface area (Å²) in [5, 5.41) is 5.49. The van der Waals surface area contributed by atoms with Crippen molar-refractivity contribution in [2.45, 2.75) is 107 Å². The first-order chi connectivity index (χ1) is 16.8. The van der Waals surface area contributed by atoms with Crippen LogP contribution in [0.15, 0.2) is 11.4 Å². The molecule has 0 amide bonds. The monoisotopic (exact) mass is 555 g/mol. The highest BCUT2D eigenvalue weighted by atomic mass is 32.2. The van der Waals surface area contributed by atoms with E-state index in [0.29, 0.717) is 29.1 Å². The van der Waals surface area contributed by atoms with Gasteiger partial charge in [-0.25, -0.2) is 14.6 Å². The second-order valence-corrected chi connectivity index (χ2v) is 21.3. The first kappa shape index (κ1) is 28.0. The number of fused-ring (bicyclic) bond motifs is 2. The summed E-state index contributed by atoms with van der Waals surface area (Å²) in [4.78, 5) is 8.49. The van der Waals surface area contributed by atoms with Crippen molar-refractivity contribution in [2.75, 3.05) is 18.6 Å². The van der Waals surface area contributed by atoms with Crippen LogP contribution in [0.2, 0.25) is 22.2 Å². The summed E-state index contributed by atoms with van der Waals surface area (Å²) < 4.78 is 41.9. The Morgan fingerprint density at radius 3 is 2.17 bits per heavy atom. The molecule has 0 aliphatic carbocycles. The fraction of sp³-hybridized carbons (Fsp3) is 0.783. The molecule has 13 heteroatoms. The predicted molar refractivity (Wildman–Crippen MR) is 144 cm³/mol. The molecule has 36 heavy (non-hydrogen) atoms. The van der Waals surface area contributed by atoms with Gasteiger partial charge in [-0.1, -0.05) is 55.4 Å². The van der Waals surface area contributed by atoms with E-state index in [0.717, 1.165) is 0 Å². The molecular weight excluding hydrogens is 515 g/mol. The second-order valence-electron chi connectivity index (χ2n) is 11.2. The molecule has 0 radical (unpaired) electrons. The largest absolute Gasteiger partial charge is 0.610 e. The molecule has 0 saturated carbocycles. The van der Waals surface area contributed by atoms with Gasteiger partial charge in [-0.15, -0.1) is 5.10 Å². The molecule has 4 rings (SSSR count). The first-order valence-electron chi connectivity index (χ1n) is 12.8. The van der Waals surface area contributed by atoms with Crippen LogP contribution in [0.1, 0.15) is 68.0 Å². The molecule has 2 aromatic rings. The zero-order chi connectivity index (χ0) is 26.6. The molecule has 2 aliphatic rings. The molecular formula is C23H41N5O5SSi2. The number of rotatable bonds is 6. The van der Waals surface area contributed by atoms with Gasteiger partial charge in [0.05, 0.1) is 12.7 Å². The van der Waals surface area contributed by atoms with E-state index in [1.54, 1.807) is 10.9 Å². The summed E-state index contributed by atoms with van der Waals surface area (Å²) in [6.45, 7) is 18.0. The molecule has 202 valence electrons. The SMILES string of the molecule is CC(C)[Si]1(C(C)C)OC[C@@H]2O[C@@H](n3nc([S@@+](C)[O-])c4c(N)ncnc43)C[C@@H]2O[Si](C(C)C)(C(C)C)O1. The molecule has 2 aromatic heterocycles. The molecule has 2 aliphatic heterocycles. The minimum Gasteiger partial charge on any atom is -0.610 e. The highest BCUT2D eigenvalue weighted by Crippen LogP contribution is 2.48. The molecule has 0 spiro atoms. The van der Waals surface area contributed by atoms with Gasteiger partial charge in [0.1, 0.15) is 29.9 Å². The van der Waals surface area contributed by atoms with Crippen LogP contribution in [0.25, 0.3) is 11.0 Å². The van der Waals surface area contributed by atoms with E-state index >= 15 is 0 Å². The van der Waals surface area contributed by atoms with Crippen LogP contribution in [-0.4, -0.2) is 66.5 Å². The highest BCUT2D eigenvalue weighted by molar-refractivity contribution is 7.90. The Kier molecular flexibility index (Phi) is 7.96. The van der Waals surface area contributed by atoms with E-state index in [9.17, 15) is 4.55 Å². The van der Waals surface area contributed by atoms with Crippen LogP contribution >= 0.6 is 0 Å². The third-order valence-corrected chi connectivity index (χ3v) is 18.7. The van der Waals surface area contributed by atoms with E-state index in [-0.39, 0.29) is 40.2 Å². The van der Waals surface area contributed by atoms with E-state index in [2.05, 4.69) is 70.5 Å². The fourth-order valence-corrected chi connectivity index (χ4v) is 17.6. The van der Waals surface area contributed by atoms with Gasteiger partial charge in [0.25, 0.3) is 5.03 Å².